The molecule has 2 fully saturated rings. The van der Waals surface area contributed by atoms with Gasteiger partial charge in [0, 0.05) is 31.7 Å². The molecule has 1 aliphatic heterocycles. The average Bonchev–Trinajstić information content (AvgIpc) is 3.09. The molecule has 4 N–H and O–H groups in total. The second-order valence-electron chi connectivity index (χ2n) is 7.45. The number of rotatable bonds is 7. The smallest absolute Gasteiger partial charge is 0.253 e. The third-order valence-electron chi connectivity index (χ3n) is 5.62. The highest BCUT2D eigenvalue weighted by atomic mass is 16.5. The van der Waals surface area contributed by atoms with Crippen molar-refractivity contribution in [2.24, 2.45) is 5.73 Å². The lowest BCUT2D eigenvalue weighted by molar-refractivity contribution is -0.125. The molecule has 0 bridgehead atoms. The Morgan fingerprint density at radius 2 is 2.11 bits per heavy atom. The minimum Gasteiger partial charge on any atom is -0.494 e. The predicted octanol–water partition coefficient (Wildman–Crippen LogP) is -0.190. The normalized spacial score (nSPS) is 25.4. The molecular weight excluding hydrogens is 360 g/mol. The Kier molecular flexibility index (Phi) is 6.88. The van der Waals surface area contributed by atoms with Crippen LogP contribution in [0.4, 0.5) is 0 Å². The van der Waals surface area contributed by atoms with Gasteiger partial charge in [-0.3, -0.25) is 14.5 Å². The van der Waals surface area contributed by atoms with Gasteiger partial charge in [-0.1, -0.05) is 0 Å². The first kappa shape index (κ1) is 20.6. The van der Waals surface area contributed by atoms with Gasteiger partial charge in [0.1, 0.15) is 5.75 Å². The van der Waals surface area contributed by atoms with Gasteiger partial charge < -0.3 is 25.8 Å². The number of nitrogens with zero attached hydrogens (tertiary/aromatic N) is 2. The Labute approximate surface area is 165 Å². The van der Waals surface area contributed by atoms with Gasteiger partial charge in [-0.05, 0) is 50.1 Å². The van der Waals surface area contributed by atoms with Crippen LogP contribution in [0.25, 0.3) is 0 Å². The summed E-state index contributed by atoms with van der Waals surface area (Å²) in [7, 11) is 1.73. The number of hydrogen-bond donors (Lipinski definition) is 3. The summed E-state index contributed by atoms with van der Waals surface area (Å²) in [5.74, 6) is 0.562. The third kappa shape index (κ3) is 4.63. The Bertz CT molecular complexity index is 681. The van der Waals surface area contributed by atoms with E-state index in [0.29, 0.717) is 44.0 Å². The first-order chi connectivity index (χ1) is 13.5. The molecule has 1 aromatic carbocycles. The minimum absolute atomic E-state index is 0.0138. The maximum absolute atomic E-state index is 12.9. The second kappa shape index (κ2) is 9.36. The van der Waals surface area contributed by atoms with Crippen LogP contribution in [0.15, 0.2) is 24.3 Å². The highest BCUT2D eigenvalue weighted by molar-refractivity contribution is 5.94. The van der Waals surface area contributed by atoms with Crippen molar-refractivity contribution in [1.29, 1.82) is 0 Å². The molecule has 1 aromatic rings. The number of aliphatic hydroxyl groups excluding tert-OH is 1. The summed E-state index contributed by atoms with van der Waals surface area (Å²) in [5.41, 5.74) is 6.01. The Morgan fingerprint density at radius 3 is 2.79 bits per heavy atom. The lowest BCUT2D eigenvalue weighted by atomic mass is 10.1. The molecule has 154 valence electrons. The van der Waals surface area contributed by atoms with Crippen molar-refractivity contribution in [2.45, 2.75) is 37.5 Å². The standard InChI is InChI=1S/C20H30N4O4/c1-23(20(27)14-3-5-15(6-4-14)28-12-2-9-21)16-7-8-17(19(16)26)24-11-10-22-18(25)13-24/h3-6,16-17,19,26H,2,7-13,21H2,1H3,(H,22,25)/t16-,17-,19-/m1/s1. The number of carbonyl (C=O) groups is 2. The number of benzene rings is 1. The summed E-state index contributed by atoms with van der Waals surface area (Å²) in [4.78, 5) is 28.2. The van der Waals surface area contributed by atoms with E-state index < -0.39 is 6.10 Å². The molecule has 0 spiro atoms. The van der Waals surface area contributed by atoms with Gasteiger partial charge in [-0.2, -0.15) is 0 Å². The third-order valence-corrected chi connectivity index (χ3v) is 5.62. The van der Waals surface area contributed by atoms with Crippen LogP contribution in [0.2, 0.25) is 0 Å². The highest BCUT2D eigenvalue weighted by Crippen LogP contribution is 2.29. The molecule has 2 aliphatic rings. The van der Waals surface area contributed by atoms with Crippen LogP contribution in [0.1, 0.15) is 29.6 Å². The van der Waals surface area contributed by atoms with Crippen LogP contribution in [0.3, 0.4) is 0 Å². The van der Waals surface area contributed by atoms with Gasteiger partial charge in [0.25, 0.3) is 5.91 Å². The Balaban J connectivity index is 1.59. The molecular formula is C20H30N4O4. The van der Waals surface area contributed by atoms with Gasteiger partial charge in [0.2, 0.25) is 5.91 Å². The van der Waals surface area contributed by atoms with Crippen molar-refractivity contribution in [3.05, 3.63) is 29.8 Å². The molecule has 1 aliphatic carbocycles. The number of likely N-dealkylation sites (N-methyl/N-ethyl adjacent to an activating group) is 1. The van der Waals surface area contributed by atoms with Crippen LogP contribution in [-0.2, 0) is 4.79 Å². The van der Waals surface area contributed by atoms with Gasteiger partial charge in [0.15, 0.2) is 0 Å². The number of piperazine rings is 1. The molecule has 0 aromatic heterocycles. The van der Waals surface area contributed by atoms with Crippen LogP contribution in [0, 0.1) is 0 Å². The number of nitrogens with two attached hydrogens (primary N) is 1. The largest absolute Gasteiger partial charge is 0.494 e. The molecule has 0 radical (unpaired) electrons. The predicted molar refractivity (Wildman–Crippen MR) is 105 cm³/mol. The topological polar surface area (TPSA) is 108 Å². The van der Waals surface area contributed by atoms with Crippen molar-refractivity contribution in [3.8, 4) is 5.75 Å². The summed E-state index contributed by atoms with van der Waals surface area (Å²) in [6.07, 6.45) is 1.60. The van der Waals surface area contributed by atoms with Crippen molar-refractivity contribution in [3.63, 3.8) is 0 Å². The summed E-state index contributed by atoms with van der Waals surface area (Å²) in [6.45, 7) is 2.75. The molecule has 2 amide bonds. The van der Waals surface area contributed by atoms with Crippen LogP contribution in [-0.4, -0.2) is 84.7 Å². The summed E-state index contributed by atoms with van der Waals surface area (Å²) < 4.78 is 5.57. The quantitative estimate of drug-likeness (QED) is 0.557. The fourth-order valence-corrected chi connectivity index (χ4v) is 4.02. The number of hydrogen-bond acceptors (Lipinski definition) is 6. The van der Waals surface area contributed by atoms with Crippen LogP contribution >= 0.6 is 0 Å². The van der Waals surface area contributed by atoms with E-state index in [-0.39, 0.29) is 23.9 Å². The van der Waals surface area contributed by atoms with Crippen molar-refractivity contribution >= 4 is 11.8 Å². The number of aliphatic hydroxyl groups is 1. The number of amides is 2. The summed E-state index contributed by atoms with van der Waals surface area (Å²) >= 11 is 0. The van der Waals surface area contributed by atoms with Gasteiger partial charge in [0.05, 0.1) is 25.3 Å². The van der Waals surface area contributed by atoms with E-state index in [4.69, 9.17) is 10.5 Å². The molecule has 8 heteroatoms. The van der Waals surface area contributed by atoms with Crippen molar-refractivity contribution < 1.29 is 19.4 Å². The monoisotopic (exact) mass is 390 g/mol. The SMILES string of the molecule is CN(C(=O)c1ccc(OCCCN)cc1)[C@@H]1CC[C@@H](N2CCNC(=O)C2)[C@@H]1O. The Hall–Kier alpha value is -2.16. The van der Waals surface area contributed by atoms with Crippen LogP contribution in [0.5, 0.6) is 5.75 Å². The first-order valence-corrected chi connectivity index (χ1v) is 9.90. The van der Waals surface area contributed by atoms with Gasteiger partial charge >= 0.3 is 0 Å². The highest BCUT2D eigenvalue weighted by Gasteiger charge is 2.42. The lowest BCUT2D eigenvalue weighted by Gasteiger charge is -2.35. The second-order valence-corrected chi connectivity index (χ2v) is 7.45. The maximum Gasteiger partial charge on any atom is 0.253 e. The molecule has 1 saturated carbocycles. The van der Waals surface area contributed by atoms with E-state index in [1.54, 1.807) is 36.2 Å². The zero-order valence-electron chi connectivity index (χ0n) is 16.3. The maximum atomic E-state index is 12.9. The zero-order chi connectivity index (χ0) is 20.1. The van der Waals surface area contributed by atoms with E-state index in [9.17, 15) is 14.7 Å². The zero-order valence-corrected chi connectivity index (χ0v) is 16.3. The van der Waals surface area contributed by atoms with Crippen molar-refractivity contribution in [2.75, 3.05) is 39.8 Å². The molecule has 3 atom stereocenters. The number of carbonyl (C=O) groups excluding carboxylic acids is 2. The van der Waals surface area contributed by atoms with Crippen molar-refractivity contribution in [1.82, 2.24) is 15.1 Å². The average molecular weight is 390 g/mol. The fourth-order valence-electron chi connectivity index (χ4n) is 4.02. The molecule has 1 saturated heterocycles. The number of nitrogens with one attached hydrogen (secondary N) is 1. The van der Waals surface area contributed by atoms with Crippen LogP contribution < -0.4 is 15.8 Å². The first-order valence-electron chi connectivity index (χ1n) is 9.90. The van der Waals surface area contributed by atoms with Gasteiger partial charge in [-0.15, -0.1) is 0 Å². The Morgan fingerprint density at radius 1 is 1.36 bits per heavy atom. The van der Waals surface area contributed by atoms with E-state index in [1.165, 1.54) is 0 Å². The number of ether oxygens (including phenoxy) is 1. The van der Waals surface area contributed by atoms with Gasteiger partial charge in [-0.25, -0.2) is 0 Å². The van der Waals surface area contributed by atoms with E-state index in [2.05, 4.69) is 5.32 Å². The summed E-state index contributed by atoms with van der Waals surface area (Å²) in [6, 6.07) is 6.68. The fraction of sp³-hybridized carbons (Fsp3) is 0.600. The lowest BCUT2D eigenvalue weighted by Crippen LogP contribution is -2.55. The van der Waals surface area contributed by atoms with E-state index in [0.717, 1.165) is 19.4 Å². The minimum atomic E-state index is -0.668. The molecule has 28 heavy (non-hydrogen) atoms. The summed E-state index contributed by atoms with van der Waals surface area (Å²) in [5, 5.41) is 13.6. The van der Waals surface area contributed by atoms with E-state index >= 15 is 0 Å². The molecule has 8 nitrogen and oxygen atoms in total. The molecule has 3 rings (SSSR count). The molecule has 0 unspecified atom stereocenters. The molecule has 1 heterocycles. The van der Waals surface area contributed by atoms with E-state index in [1.807, 2.05) is 4.90 Å².